The zero-order valence-electron chi connectivity index (χ0n) is 14.2. The van der Waals surface area contributed by atoms with Gasteiger partial charge in [0.2, 0.25) is 0 Å². The normalized spacial score (nSPS) is 10.6. The van der Waals surface area contributed by atoms with Crippen LogP contribution in [0.5, 0.6) is 5.75 Å². The second kappa shape index (κ2) is 7.17. The first kappa shape index (κ1) is 16.7. The summed E-state index contributed by atoms with van der Waals surface area (Å²) < 4.78 is 5.19. The highest BCUT2D eigenvalue weighted by Gasteiger charge is 2.16. The Morgan fingerprint density at radius 3 is 2.60 bits per heavy atom. The molecule has 128 valence electrons. The van der Waals surface area contributed by atoms with Crippen LogP contribution in [-0.2, 0) is 0 Å². The molecule has 0 saturated carbocycles. The van der Waals surface area contributed by atoms with Gasteiger partial charge >= 0.3 is 0 Å². The van der Waals surface area contributed by atoms with E-state index in [0.29, 0.717) is 23.1 Å². The first-order valence-electron chi connectivity index (χ1n) is 8.13. The van der Waals surface area contributed by atoms with Crippen LogP contribution in [0.15, 0.2) is 42.5 Å². The van der Waals surface area contributed by atoms with Crippen molar-refractivity contribution in [1.82, 2.24) is 15.5 Å². The fraction of sp³-hybridized carbons (Fsp3) is 0.211. The summed E-state index contributed by atoms with van der Waals surface area (Å²) in [7, 11) is 1.63. The average Bonchev–Trinajstić information content (AvgIpc) is 2.66. The number of anilines is 1. The molecule has 0 aliphatic heterocycles. The van der Waals surface area contributed by atoms with Crippen LogP contribution >= 0.6 is 0 Å². The third-order valence-electron chi connectivity index (χ3n) is 3.98. The van der Waals surface area contributed by atoms with Crippen molar-refractivity contribution in [2.24, 2.45) is 0 Å². The number of hydrogen-bond donors (Lipinski definition) is 2. The molecule has 3 aromatic rings. The number of nitrogens with zero attached hydrogens (tertiary/aromatic N) is 2. The number of fused-ring (bicyclic) bond motifs is 1. The summed E-state index contributed by atoms with van der Waals surface area (Å²) in [5, 5.41) is 11.8. The van der Waals surface area contributed by atoms with E-state index in [1.807, 2.05) is 49.4 Å². The summed E-state index contributed by atoms with van der Waals surface area (Å²) in [4.78, 5) is 12.2. The van der Waals surface area contributed by atoms with E-state index in [9.17, 15) is 4.79 Å². The van der Waals surface area contributed by atoms with E-state index in [2.05, 4.69) is 15.5 Å². The Kier molecular flexibility index (Phi) is 4.79. The maximum atomic E-state index is 12.2. The lowest BCUT2D eigenvalue weighted by molar-refractivity contribution is 0.0949. The van der Waals surface area contributed by atoms with Crippen molar-refractivity contribution < 1.29 is 9.53 Å². The Morgan fingerprint density at radius 1 is 1.16 bits per heavy atom. The number of rotatable bonds is 5. The number of hydrogen-bond acceptors (Lipinski definition) is 5. The van der Waals surface area contributed by atoms with E-state index in [0.717, 1.165) is 23.3 Å². The minimum atomic E-state index is -0.302. The van der Waals surface area contributed by atoms with Crippen LogP contribution < -0.4 is 15.8 Å². The summed E-state index contributed by atoms with van der Waals surface area (Å²) in [6.07, 6.45) is 0.842. The molecule has 0 atom stereocenters. The van der Waals surface area contributed by atoms with E-state index in [1.54, 1.807) is 7.11 Å². The minimum Gasteiger partial charge on any atom is -0.497 e. The highest BCUT2D eigenvalue weighted by molar-refractivity contribution is 6.07. The number of methoxy groups -OCH3 is 1. The highest BCUT2D eigenvalue weighted by atomic mass is 16.5. The predicted octanol–water partition coefficient (Wildman–Crippen LogP) is 3.03. The van der Waals surface area contributed by atoms with Gasteiger partial charge in [-0.2, -0.15) is 0 Å². The molecule has 1 heterocycles. The molecule has 6 heteroatoms. The maximum Gasteiger partial charge on any atom is 0.273 e. The van der Waals surface area contributed by atoms with Crippen LogP contribution in [0.4, 0.5) is 5.69 Å². The maximum absolute atomic E-state index is 12.2. The van der Waals surface area contributed by atoms with Crippen molar-refractivity contribution in [3.63, 3.8) is 0 Å². The van der Waals surface area contributed by atoms with Crippen LogP contribution in [0.1, 0.15) is 23.8 Å². The summed E-state index contributed by atoms with van der Waals surface area (Å²) in [6.45, 7) is 2.56. The van der Waals surface area contributed by atoms with E-state index < -0.39 is 0 Å². The van der Waals surface area contributed by atoms with Gasteiger partial charge in [-0.1, -0.05) is 37.3 Å². The van der Waals surface area contributed by atoms with Crippen molar-refractivity contribution in [1.29, 1.82) is 0 Å². The molecule has 1 aromatic heterocycles. The van der Waals surface area contributed by atoms with E-state index in [4.69, 9.17) is 10.5 Å². The Balaban J connectivity index is 2.07. The van der Waals surface area contributed by atoms with Gasteiger partial charge < -0.3 is 15.8 Å². The molecule has 0 unspecified atom stereocenters. The number of amides is 1. The molecule has 2 aromatic carbocycles. The van der Waals surface area contributed by atoms with E-state index in [-0.39, 0.29) is 11.6 Å². The topological polar surface area (TPSA) is 90.1 Å². The molecule has 25 heavy (non-hydrogen) atoms. The second-order valence-corrected chi connectivity index (χ2v) is 5.65. The number of nitrogens with two attached hydrogens (primary N) is 1. The van der Waals surface area contributed by atoms with Crippen molar-refractivity contribution in [3.05, 3.63) is 48.2 Å². The lowest BCUT2D eigenvalue weighted by Crippen LogP contribution is -2.26. The first-order valence-corrected chi connectivity index (χ1v) is 8.13. The number of carbonyl (C=O) groups is 1. The van der Waals surface area contributed by atoms with Gasteiger partial charge in [-0.25, -0.2) is 0 Å². The molecular weight excluding hydrogens is 316 g/mol. The Labute approximate surface area is 146 Å². The van der Waals surface area contributed by atoms with Gasteiger partial charge in [0.1, 0.15) is 11.3 Å². The van der Waals surface area contributed by atoms with Crippen LogP contribution in [0.25, 0.3) is 22.0 Å². The highest BCUT2D eigenvalue weighted by Crippen LogP contribution is 2.31. The standard InChI is InChI=1S/C19H20N4O2/c1-3-11-21-19(24)18-16(20)15-6-4-5-14(17(15)22-23-18)12-7-9-13(25-2)10-8-12/h4-10H,3,11H2,1-2H3,(H2,20,22)(H,21,24). The Morgan fingerprint density at radius 2 is 1.92 bits per heavy atom. The zero-order chi connectivity index (χ0) is 17.8. The second-order valence-electron chi connectivity index (χ2n) is 5.65. The van der Waals surface area contributed by atoms with E-state index >= 15 is 0 Å². The monoisotopic (exact) mass is 336 g/mol. The third kappa shape index (κ3) is 3.24. The number of benzene rings is 2. The zero-order valence-corrected chi connectivity index (χ0v) is 14.2. The minimum absolute atomic E-state index is 0.160. The molecular formula is C19H20N4O2. The summed E-state index contributed by atoms with van der Waals surface area (Å²) >= 11 is 0. The smallest absolute Gasteiger partial charge is 0.273 e. The molecule has 0 aliphatic rings. The van der Waals surface area contributed by atoms with Crippen LogP contribution in [0.3, 0.4) is 0 Å². The molecule has 0 fully saturated rings. The summed E-state index contributed by atoms with van der Waals surface area (Å²) in [5.41, 5.74) is 9.24. The lowest BCUT2D eigenvalue weighted by atomic mass is 10.0. The van der Waals surface area contributed by atoms with Crippen LogP contribution in [0.2, 0.25) is 0 Å². The van der Waals surface area contributed by atoms with Gasteiger partial charge in [0.05, 0.1) is 12.8 Å². The molecule has 0 aliphatic carbocycles. The van der Waals surface area contributed by atoms with Gasteiger partial charge in [-0.15, -0.1) is 10.2 Å². The Bertz CT molecular complexity index is 907. The molecule has 0 bridgehead atoms. The first-order chi connectivity index (χ1) is 12.2. The van der Waals surface area contributed by atoms with Gasteiger partial charge in [-0.3, -0.25) is 4.79 Å². The van der Waals surface area contributed by atoms with Gasteiger partial charge in [0, 0.05) is 17.5 Å². The van der Waals surface area contributed by atoms with E-state index in [1.165, 1.54) is 0 Å². The fourth-order valence-electron chi connectivity index (χ4n) is 2.64. The fourth-order valence-corrected chi connectivity index (χ4v) is 2.64. The van der Waals surface area contributed by atoms with Crippen LogP contribution in [0, 0.1) is 0 Å². The number of carbonyl (C=O) groups excluding carboxylic acids is 1. The van der Waals surface area contributed by atoms with Gasteiger partial charge in [-0.05, 0) is 24.1 Å². The van der Waals surface area contributed by atoms with Crippen molar-refractivity contribution in [3.8, 4) is 16.9 Å². The number of aromatic nitrogens is 2. The summed E-state index contributed by atoms with van der Waals surface area (Å²) in [6, 6.07) is 13.4. The summed E-state index contributed by atoms with van der Waals surface area (Å²) in [5.74, 6) is 0.480. The molecule has 0 radical (unpaired) electrons. The number of nitrogens with one attached hydrogen (secondary N) is 1. The number of ether oxygens (including phenoxy) is 1. The molecule has 0 spiro atoms. The molecule has 0 saturated heterocycles. The average molecular weight is 336 g/mol. The lowest BCUT2D eigenvalue weighted by Gasteiger charge is -2.11. The molecule has 3 N–H and O–H groups in total. The molecule has 3 rings (SSSR count). The van der Waals surface area contributed by atoms with Crippen LogP contribution in [-0.4, -0.2) is 29.8 Å². The van der Waals surface area contributed by atoms with Crippen molar-refractivity contribution >= 4 is 22.5 Å². The number of nitrogen functional groups attached to an aromatic ring is 1. The van der Waals surface area contributed by atoms with Crippen molar-refractivity contribution in [2.45, 2.75) is 13.3 Å². The molecule has 6 nitrogen and oxygen atoms in total. The SMILES string of the molecule is CCCNC(=O)c1nnc2c(-c3ccc(OC)cc3)cccc2c1N. The van der Waals surface area contributed by atoms with Gasteiger partial charge in [0.25, 0.3) is 5.91 Å². The third-order valence-corrected chi connectivity index (χ3v) is 3.98. The Hall–Kier alpha value is -3.15. The van der Waals surface area contributed by atoms with Gasteiger partial charge in [0.15, 0.2) is 5.69 Å². The van der Waals surface area contributed by atoms with Crippen molar-refractivity contribution in [2.75, 3.05) is 19.4 Å². The largest absolute Gasteiger partial charge is 0.497 e. The molecule has 1 amide bonds. The quantitative estimate of drug-likeness (QED) is 0.747. The predicted molar refractivity (Wildman–Crippen MR) is 98.6 cm³/mol.